The van der Waals surface area contributed by atoms with Crippen molar-refractivity contribution in [3.8, 4) is 0 Å². The van der Waals surface area contributed by atoms with Gasteiger partial charge in [0.1, 0.15) is 17.0 Å². The predicted molar refractivity (Wildman–Crippen MR) is 59.6 cm³/mol. The van der Waals surface area contributed by atoms with E-state index in [0.717, 1.165) is 6.07 Å². The van der Waals surface area contributed by atoms with E-state index in [9.17, 15) is 18.4 Å². The van der Waals surface area contributed by atoms with Crippen molar-refractivity contribution in [3.63, 3.8) is 0 Å². The van der Waals surface area contributed by atoms with E-state index in [-0.39, 0.29) is 10.0 Å². The summed E-state index contributed by atoms with van der Waals surface area (Å²) in [7, 11) is 0. The van der Waals surface area contributed by atoms with Crippen molar-refractivity contribution >= 4 is 39.3 Å². The molecular formula is C10H5BrClF2NO2. The van der Waals surface area contributed by atoms with E-state index in [2.05, 4.69) is 15.9 Å². The van der Waals surface area contributed by atoms with E-state index >= 15 is 0 Å². The van der Waals surface area contributed by atoms with Gasteiger partial charge >= 0.3 is 0 Å². The number of alkyl halides is 1. The van der Waals surface area contributed by atoms with Gasteiger partial charge in [-0.25, -0.2) is 8.78 Å². The molecule has 2 rings (SSSR count). The molecule has 90 valence electrons. The molecular weight excluding hydrogens is 319 g/mol. The number of carbonyl (C=O) groups is 2. The first-order valence-corrected chi connectivity index (χ1v) is 5.78. The molecule has 2 atom stereocenters. The highest BCUT2D eigenvalue weighted by Gasteiger charge is 2.43. The van der Waals surface area contributed by atoms with Gasteiger partial charge in [-0.2, -0.15) is 0 Å². The van der Waals surface area contributed by atoms with Crippen molar-refractivity contribution in [3.05, 3.63) is 33.8 Å². The molecule has 1 heterocycles. The van der Waals surface area contributed by atoms with Crippen LogP contribution < -0.4 is 5.32 Å². The number of benzene rings is 1. The SMILES string of the molecule is O=C1NC(=O)C(c2c(F)cc(F)cc2Br)C1Cl. The molecule has 0 aliphatic carbocycles. The van der Waals surface area contributed by atoms with Crippen LogP contribution in [0.25, 0.3) is 0 Å². The standard InChI is InChI=1S/C10H5BrClF2NO2/c11-4-1-3(13)2-5(14)6(4)7-8(12)10(17)15-9(7)16/h1-2,7-8H,(H,15,16,17). The Kier molecular flexibility index (Phi) is 3.18. The van der Waals surface area contributed by atoms with Crippen molar-refractivity contribution in [2.45, 2.75) is 11.3 Å². The predicted octanol–water partition coefficient (Wildman–Crippen LogP) is 2.07. The van der Waals surface area contributed by atoms with Crippen LogP contribution in [0, 0.1) is 11.6 Å². The summed E-state index contributed by atoms with van der Waals surface area (Å²) in [4.78, 5) is 22.7. The zero-order valence-electron chi connectivity index (χ0n) is 8.14. The Hall–Kier alpha value is -1.01. The summed E-state index contributed by atoms with van der Waals surface area (Å²) in [6.45, 7) is 0. The van der Waals surface area contributed by atoms with Crippen molar-refractivity contribution in [2.24, 2.45) is 0 Å². The molecule has 0 aromatic heterocycles. The second kappa shape index (κ2) is 4.34. The Labute approximate surface area is 108 Å². The first-order valence-electron chi connectivity index (χ1n) is 4.55. The average molecular weight is 325 g/mol. The Bertz CT molecular complexity index is 500. The maximum absolute atomic E-state index is 13.6. The molecule has 0 radical (unpaired) electrons. The maximum Gasteiger partial charge on any atom is 0.245 e. The highest BCUT2D eigenvalue weighted by atomic mass is 79.9. The zero-order valence-corrected chi connectivity index (χ0v) is 10.5. The molecule has 0 saturated carbocycles. The van der Waals surface area contributed by atoms with Crippen LogP contribution in [-0.2, 0) is 9.59 Å². The van der Waals surface area contributed by atoms with Crippen LogP contribution in [0.15, 0.2) is 16.6 Å². The Morgan fingerprint density at radius 3 is 2.35 bits per heavy atom. The van der Waals surface area contributed by atoms with Crippen molar-refractivity contribution < 1.29 is 18.4 Å². The van der Waals surface area contributed by atoms with Gasteiger partial charge in [0.25, 0.3) is 0 Å². The van der Waals surface area contributed by atoms with Gasteiger partial charge in [0.15, 0.2) is 0 Å². The molecule has 1 aliphatic rings. The largest absolute Gasteiger partial charge is 0.295 e. The molecule has 0 bridgehead atoms. The van der Waals surface area contributed by atoms with E-state index < -0.39 is 34.7 Å². The third-order valence-electron chi connectivity index (χ3n) is 2.43. The molecule has 1 aromatic rings. The van der Waals surface area contributed by atoms with Crippen LogP contribution in [0.3, 0.4) is 0 Å². The van der Waals surface area contributed by atoms with Gasteiger partial charge in [-0.3, -0.25) is 14.9 Å². The lowest BCUT2D eigenvalue weighted by molar-refractivity contribution is -0.125. The summed E-state index contributed by atoms with van der Waals surface area (Å²) >= 11 is 8.68. The second-order valence-electron chi connectivity index (χ2n) is 3.52. The molecule has 0 spiro atoms. The summed E-state index contributed by atoms with van der Waals surface area (Å²) in [5.74, 6) is -4.23. The lowest BCUT2D eigenvalue weighted by atomic mass is 9.96. The van der Waals surface area contributed by atoms with Crippen LogP contribution in [0.2, 0.25) is 0 Å². The quantitative estimate of drug-likeness (QED) is 0.635. The fraction of sp³-hybridized carbons (Fsp3) is 0.200. The van der Waals surface area contributed by atoms with Gasteiger partial charge in [0.2, 0.25) is 11.8 Å². The van der Waals surface area contributed by atoms with E-state index in [1.54, 1.807) is 0 Å². The average Bonchev–Trinajstić information content (AvgIpc) is 2.43. The number of carbonyl (C=O) groups excluding carboxylic acids is 2. The number of imide groups is 1. The molecule has 1 N–H and O–H groups in total. The normalized spacial score (nSPS) is 24.0. The molecule has 2 amide bonds. The summed E-state index contributed by atoms with van der Waals surface area (Å²) in [5.41, 5.74) is -0.116. The summed E-state index contributed by atoms with van der Waals surface area (Å²) in [6, 6.07) is 1.65. The highest BCUT2D eigenvalue weighted by molar-refractivity contribution is 9.10. The first kappa shape index (κ1) is 12.4. The molecule has 3 nitrogen and oxygen atoms in total. The number of rotatable bonds is 1. The van der Waals surface area contributed by atoms with Crippen LogP contribution in [0.4, 0.5) is 8.78 Å². The molecule has 17 heavy (non-hydrogen) atoms. The van der Waals surface area contributed by atoms with E-state index in [0.29, 0.717) is 6.07 Å². The van der Waals surface area contributed by atoms with Crippen LogP contribution in [-0.4, -0.2) is 17.2 Å². The molecule has 7 heteroatoms. The molecule has 1 fully saturated rings. The molecule has 1 aromatic carbocycles. The Balaban J connectivity index is 2.54. The number of halogens is 4. The van der Waals surface area contributed by atoms with E-state index in [1.807, 2.05) is 5.32 Å². The minimum atomic E-state index is -1.20. The molecule has 1 aliphatic heterocycles. The highest BCUT2D eigenvalue weighted by Crippen LogP contribution is 2.35. The minimum absolute atomic E-state index is 0.0653. The van der Waals surface area contributed by atoms with Crippen LogP contribution >= 0.6 is 27.5 Å². The Morgan fingerprint density at radius 2 is 1.88 bits per heavy atom. The first-order chi connectivity index (χ1) is 7.91. The van der Waals surface area contributed by atoms with Gasteiger partial charge < -0.3 is 0 Å². The lowest BCUT2D eigenvalue weighted by Gasteiger charge is -2.13. The number of nitrogens with one attached hydrogen (secondary N) is 1. The smallest absolute Gasteiger partial charge is 0.245 e. The Morgan fingerprint density at radius 1 is 1.24 bits per heavy atom. The second-order valence-corrected chi connectivity index (χ2v) is 4.84. The fourth-order valence-electron chi connectivity index (χ4n) is 1.68. The number of amides is 2. The summed E-state index contributed by atoms with van der Waals surface area (Å²) in [5, 5.41) is 0.798. The monoisotopic (exact) mass is 323 g/mol. The van der Waals surface area contributed by atoms with Gasteiger partial charge in [0.05, 0.1) is 5.92 Å². The number of hydrogen-bond acceptors (Lipinski definition) is 2. The van der Waals surface area contributed by atoms with Crippen molar-refractivity contribution in [2.75, 3.05) is 0 Å². The summed E-state index contributed by atoms with van der Waals surface area (Å²) < 4.78 is 26.6. The van der Waals surface area contributed by atoms with Gasteiger partial charge in [-0.05, 0) is 6.07 Å². The minimum Gasteiger partial charge on any atom is -0.295 e. The fourth-order valence-corrected chi connectivity index (χ4v) is 2.63. The van der Waals surface area contributed by atoms with Gasteiger partial charge in [-0.15, -0.1) is 11.6 Å². The van der Waals surface area contributed by atoms with Crippen LogP contribution in [0.1, 0.15) is 11.5 Å². The van der Waals surface area contributed by atoms with Gasteiger partial charge in [-0.1, -0.05) is 15.9 Å². The third-order valence-corrected chi connectivity index (χ3v) is 3.53. The number of hydrogen-bond donors (Lipinski definition) is 1. The van der Waals surface area contributed by atoms with Crippen molar-refractivity contribution in [1.82, 2.24) is 5.32 Å². The molecule has 2 unspecified atom stereocenters. The lowest BCUT2D eigenvalue weighted by Crippen LogP contribution is -2.22. The zero-order chi connectivity index (χ0) is 12.7. The van der Waals surface area contributed by atoms with Crippen LogP contribution in [0.5, 0.6) is 0 Å². The van der Waals surface area contributed by atoms with Gasteiger partial charge in [0, 0.05) is 16.1 Å². The topological polar surface area (TPSA) is 46.2 Å². The van der Waals surface area contributed by atoms with Crippen molar-refractivity contribution in [1.29, 1.82) is 0 Å². The van der Waals surface area contributed by atoms with E-state index in [1.165, 1.54) is 0 Å². The summed E-state index contributed by atoms with van der Waals surface area (Å²) in [6.07, 6.45) is 0. The van der Waals surface area contributed by atoms with E-state index in [4.69, 9.17) is 11.6 Å². The third kappa shape index (κ3) is 2.07. The molecule has 1 saturated heterocycles. The maximum atomic E-state index is 13.6.